The lowest BCUT2D eigenvalue weighted by atomic mass is 9.66. The molecule has 0 radical (unpaired) electrons. The highest BCUT2D eigenvalue weighted by molar-refractivity contribution is 5.82. The molecular formula is C18H24N2O3. The Morgan fingerprint density at radius 3 is 2.83 bits per heavy atom. The van der Waals surface area contributed by atoms with Crippen LogP contribution in [0.25, 0.3) is 0 Å². The molecule has 1 spiro atoms. The fraction of sp³-hybridized carbons (Fsp3) is 0.556. The van der Waals surface area contributed by atoms with Gasteiger partial charge in [-0.05, 0) is 49.8 Å². The minimum absolute atomic E-state index is 0.167. The summed E-state index contributed by atoms with van der Waals surface area (Å²) >= 11 is 0. The number of nitrogens with zero attached hydrogens (tertiary/aromatic N) is 1. The molecule has 1 heterocycles. The molecule has 5 nitrogen and oxygen atoms in total. The number of piperidine rings is 1. The SMILES string of the molecule is O=C(O)CNC(=O)CN1CCCC2(CCCc3ccccc32)C1. The lowest BCUT2D eigenvalue weighted by Crippen LogP contribution is -2.50. The molecule has 2 aliphatic rings. The lowest BCUT2D eigenvalue weighted by Gasteiger charge is -2.46. The number of carboxylic acids is 1. The van der Waals surface area contributed by atoms with Gasteiger partial charge in [-0.1, -0.05) is 24.3 Å². The average Bonchev–Trinajstić information content (AvgIpc) is 2.54. The average molecular weight is 316 g/mol. The Hall–Kier alpha value is -1.88. The number of rotatable bonds is 4. The maximum absolute atomic E-state index is 11.9. The van der Waals surface area contributed by atoms with Crippen LogP contribution < -0.4 is 5.32 Å². The van der Waals surface area contributed by atoms with Crippen molar-refractivity contribution in [2.75, 3.05) is 26.2 Å². The Labute approximate surface area is 136 Å². The van der Waals surface area contributed by atoms with Crippen LogP contribution in [0.3, 0.4) is 0 Å². The van der Waals surface area contributed by atoms with E-state index in [1.807, 2.05) is 0 Å². The topological polar surface area (TPSA) is 69.6 Å². The third kappa shape index (κ3) is 3.55. The molecular weight excluding hydrogens is 292 g/mol. The van der Waals surface area contributed by atoms with Gasteiger partial charge in [-0.3, -0.25) is 14.5 Å². The molecule has 1 atom stereocenters. The number of hydrogen-bond donors (Lipinski definition) is 2. The van der Waals surface area contributed by atoms with Crippen LogP contribution in [-0.2, 0) is 21.4 Å². The zero-order valence-corrected chi connectivity index (χ0v) is 13.4. The van der Waals surface area contributed by atoms with Crippen molar-refractivity contribution in [3.8, 4) is 0 Å². The molecule has 1 fully saturated rings. The molecule has 1 amide bonds. The van der Waals surface area contributed by atoms with E-state index in [2.05, 4.69) is 34.5 Å². The van der Waals surface area contributed by atoms with Gasteiger partial charge in [-0.25, -0.2) is 0 Å². The number of nitrogens with one attached hydrogen (secondary N) is 1. The van der Waals surface area contributed by atoms with Gasteiger partial charge >= 0.3 is 5.97 Å². The molecule has 3 rings (SSSR count). The summed E-state index contributed by atoms with van der Waals surface area (Å²) in [5, 5.41) is 11.1. The summed E-state index contributed by atoms with van der Waals surface area (Å²) in [6, 6.07) is 8.71. The first-order chi connectivity index (χ1) is 11.1. The van der Waals surface area contributed by atoms with E-state index >= 15 is 0 Å². The molecule has 5 heteroatoms. The number of benzene rings is 1. The largest absolute Gasteiger partial charge is 0.480 e. The van der Waals surface area contributed by atoms with Gasteiger partial charge in [0.25, 0.3) is 0 Å². The van der Waals surface area contributed by atoms with Gasteiger partial charge in [0.15, 0.2) is 0 Å². The zero-order valence-electron chi connectivity index (χ0n) is 13.4. The number of carbonyl (C=O) groups is 2. The molecule has 0 aromatic heterocycles. The second-order valence-corrected chi connectivity index (χ2v) is 6.78. The van der Waals surface area contributed by atoms with E-state index in [0.29, 0.717) is 0 Å². The monoisotopic (exact) mass is 316 g/mol. The van der Waals surface area contributed by atoms with E-state index in [1.54, 1.807) is 0 Å². The summed E-state index contributed by atoms with van der Waals surface area (Å²) in [6.45, 7) is 1.78. The van der Waals surface area contributed by atoms with E-state index in [4.69, 9.17) is 5.11 Å². The van der Waals surface area contributed by atoms with Crippen molar-refractivity contribution in [1.82, 2.24) is 10.2 Å². The quantitative estimate of drug-likeness (QED) is 0.884. The summed E-state index contributed by atoms with van der Waals surface area (Å²) in [6.07, 6.45) is 5.79. The predicted molar refractivity (Wildman–Crippen MR) is 87.4 cm³/mol. The highest BCUT2D eigenvalue weighted by Crippen LogP contribution is 2.43. The summed E-state index contributed by atoms with van der Waals surface area (Å²) < 4.78 is 0. The number of aliphatic carboxylic acids is 1. The van der Waals surface area contributed by atoms with Gasteiger partial charge < -0.3 is 10.4 Å². The number of amides is 1. The number of aryl methyl sites for hydroxylation is 1. The van der Waals surface area contributed by atoms with E-state index in [1.165, 1.54) is 30.4 Å². The standard InChI is InChI=1S/C18H24N2O3/c21-16(19-11-17(22)23)12-20-10-4-9-18(13-20)8-3-6-14-5-1-2-7-15(14)18/h1-2,5,7H,3-4,6,8-13H2,(H,19,21)(H,22,23). The molecule has 1 unspecified atom stereocenters. The maximum Gasteiger partial charge on any atom is 0.322 e. The molecule has 1 aromatic rings. The molecule has 0 saturated carbocycles. The first-order valence-corrected chi connectivity index (χ1v) is 8.38. The first-order valence-electron chi connectivity index (χ1n) is 8.38. The second kappa shape index (κ2) is 6.71. The van der Waals surface area contributed by atoms with E-state index in [9.17, 15) is 9.59 Å². The first kappa shape index (κ1) is 16.0. The normalized spacial score (nSPS) is 24.2. The Morgan fingerprint density at radius 1 is 1.22 bits per heavy atom. The Bertz CT molecular complexity index is 602. The van der Waals surface area contributed by atoms with Crippen LogP contribution >= 0.6 is 0 Å². The molecule has 23 heavy (non-hydrogen) atoms. The van der Waals surface area contributed by atoms with Gasteiger partial charge in [-0.15, -0.1) is 0 Å². The van der Waals surface area contributed by atoms with Crippen LogP contribution in [0, 0.1) is 0 Å². The number of fused-ring (bicyclic) bond motifs is 2. The zero-order chi connectivity index (χ0) is 16.3. The van der Waals surface area contributed by atoms with E-state index in [-0.39, 0.29) is 24.4 Å². The minimum Gasteiger partial charge on any atom is -0.480 e. The van der Waals surface area contributed by atoms with Crippen LogP contribution in [0.2, 0.25) is 0 Å². The van der Waals surface area contributed by atoms with E-state index < -0.39 is 5.97 Å². The Kier molecular flexibility index (Phi) is 4.66. The van der Waals surface area contributed by atoms with Gasteiger partial charge in [-0.2, -0.15) is 0 Å². The van der Waals surface area contributed by atoms with Gasteiger partial charge in [0.2, 0.25) is 5.91 Å². The molecule has 124 valence electrons. The number of carboxylic acid groups (broad SMARTS) is 1. The Morgan fingerprint density at radius 2 is 2.00 bits per heavy atom. The lowest BCUT2D eigenvalue weighted by molar-refractivity contribution is -0.138. The molecule has 1 aliphatic heterocycles. The summed E-state index contributed by atoms with van der Waals surface area (Å²) in [4.78, 5) is 24.6. The van der Waals surface area contributed by atoms with Crippen molar-refractivity contribution in [2.45, 2.75) is 37.5 Å². The van der Waals surface area contributed by atoms with Crippen LogP contribution in [0.4, 0.5) is 0 Å². The fourth-order valence-corrected chi connectivity index (χ4v) is 4.23. The highest BCUT2D eigenvalue weighted by atomic mass is 16.4. The van der Waals surface area contributed by atoms with Crippen LogP contribution in [-0.4, -0.2) is 48.1 Å². The second-order valence-electron chi connectivity index (χ2n) is 6.78. The van der Waals surface area contributed by atoms with Gasteiger partial charge in [0.1, 0.15) is 6.54 Å². The van der Waals surface area contributed by atoms with Crippen molar-refractivity contribution in [2.24, 2.45) is 0 Å². The fourth-order valence-electron chi connectivity index (χ4n) is 4.23. The molecule has 2 N–H and O–H groups in total. The molecule has 0 bridgehead atoms. The summed E-state index contributed by atoms with van der Waals surface area (Å²) in [7, 11) is 0. The molecule has 1 aliphatic carbocycles. The van der Waals surface area contributed by atoms with Crippen molar-refractivity contribution in [1.29, 1.82) is 0 Å². The number of likely N-dealkylation sites (tertiary alicyclic amines) is 1. The third-order valence-electron chi connectivity index (χ3n) is 5.15. The van der Waals surface area contributed by atoms with Crippen molar-refractivity contribution < 1.29 is 14.7 Å². The van der Waals surface area contributed by atoms with Gasteiger partial charge in [0, 0.05) is 12.0 Å². The molecule has 1 aromatic carbocycles. The van der Waals surface area contributed by atoms with E-state index in [0.717, 1.165) is 25.9 Å². The highest BCUT2D eigenvalue weighted by Gasteiger charge is 2.40. The van der Waals surface area contributed by atoms with Gasteiger partial charge in [0.05, 0.1) is 6.54 Å². The van der Waals surface area contributed by atoms with Crippen LogP contribution in [0.5, 0.6) is 0 Å². The number of hydrogen-bond acceptors (Lipinski definition) is 3. The predicted octanol–water partition coefficient (Wildman–Crippen LogP) is 1.56. The van der Waals surface area contributed by atoms with Crippen molar-refractivity contribution in [3.05, 3.63) is 35.4 Å². The summed E-state index contributed by atoms with van der Waals surface area (Å²) in [5.41, 5.74) is 3.08. The Balaban J connectivity index is 1.69. The summed E-state index contributed by atoms with van der Waals surface area (Å²) in [5.74, 6) is -1.21. The van der Waals surface area contributed by atoms with Crippen LogP contribution in [0.15, 0.2) is 24.3 Å². The maximum atomic E-state index is 11.9. The smallest absolute Gasteiger partial charge is 0.322 e. The molecule has 1 saturated heterocycles. The van der Waals surface area contributed by atoms with Crippen molar-refractivity contribution in [3.63, 3.8) is 0 Å². The van der Waals surface area contributed by atoms with Crippen LogP contribution in [0.1, 0.15) is 36.8 Å². The number of carbonyl (C=O) groups excluding carboxylic acids is 1. The third-order valence-corrected chi connectivity index (χ3v) is 5.15. The van der Waals surface area contributed by atoms with Crippen molar-refractivity contribution >= 4 is 11.9 Å². The minimum atomic E-state index is -1.00.